The van der Waals surface area contributed by atoms with Gasteiger partial charge in [0.1, 0.15) is 5.76 Å². The van der Waals surface area contributed by atoms with Crippen LogP contribution in [0.25, 0.3) is 0 Å². The monoisotopic (exact) mass is 281 g/mol. The van der Waals surface area contributed by atoms with Gasteiger partial charge >= 0.3 is 0 Å². The number of piperidine rings is 1. The summed E-state index contributed by atoms with van der Waals surface area (Å²) in [4.78, 5) is 14.4. The SMILES string of the molecule is COC1CCN(C(=O)Cc2c(C)noc2C)C(CN)C1. The Morgan fingerprint density at radius 1 is 1.55 bits per heavy atom. The van der Waals surface area contributed by atoms with Gasteiger partial charge in [0.05, 0.1) is 18.2 Å². The number of methoxy groups -OCH3 is 1. The number of rotatable bonds is 4. The van der Waals surface area contributed by atoms with Crippen molar-refractivity contribution >= 4 is 5.91 Å². The second kappa shape index (κ2) is 6.37. The van der Waals surface area contributed by atoms with Crippen LogP contribution in [0.2, 0.25) is 0 Å². The smallest absolute Gasteiger partial charge is 0.227 e. The third kappa shape index (κ3) is 3.02. The Bertz CT molecular complexity index is 453. The zero-order valence-corrected chi connectivity index (χ0v) is 12.4. The van der Waals surface area contributed by atoms with Gasteiger partial charge < -0.3 is 19.9 Å². The van der Waals surface area contributed by atoms with Crippen molar-refractivity contribution < 1.29 is 14.1 Å². The predicted molar refractivity (Wildman–Crippen MR) is 74.3 cm³/mol. The molecule has 1 aromatic rings. The average molecular weight is 281 g/mol. The first-order chi connectivity index (χ1) is 9.56. The van der Waals surface area contributed by atoms with E-state index in [2.05, 4.69) is 5.16 Å². The second-order valence-electron chi connectivity index (χ2n) is 5.34. The highest BCUT2D eigenvalue weighted by molar-refractivity contribution is 5.79. The van der Waals surface area contributed by atoms with E-state index in [4.69, 9.17) is 15.0 Å². The molecular formula is C14H23N3O3. The number of hydrogen-bond donors (Lipinski definition) is 1. The third-order valence-electron chi connectivity index (χ3n) is 4.10. The summed E-state index contributed by atoms with van der Waals surface area (Å²) >= 11 is 0. The van der Waals surface area contributed by atoms with Crippen molar-refractivity contribution in [1.29, 1.82) is 0 Å². The van der Waals surface area contributed by atoms with Crippen molar-refractivity contribution in [2.75, 3.05) is 20.2 Å². The van der Waals surface area contributed by atoms with Crippen molar-refractivity contribution in [3.63, 3.8) is 0 Å². The Morgan fingerprint density at radius 3 is 2.85 bits per heavy atom. The number of carbonyl (C=O) groups is 1. The zero-order valence-electron chi connectivity index (χ0n) is 12.4. The van der Waals surface area contributed by atoms with Crippen LogP contribution in [0.5, 0.6) is 0 Å². The summed E-state index contributed by atoms with van der Waals surface area (Å²) < 4.78 is 10.5. The molecule has 2 N–H and O–H groups in total. The van der Waals surface area contributed by atoms with Gasteiger partial charge in [-0.2, -0.15) is 0 Å². The molecule has 1 fully saturated rings. The van der Waals surface area contributed by atoms with Crippen molar-refractivity contribution in [3.05, 3.63) is 17.0 Å². The largest absolute Gasteiger partial charge is 0.381 e. The maximum Gasteiger partial charge on any atom is 0.227 e. The fourth-order valence-corrected chi connectivity index (χ4v) is 2.79. The first-order valence-corrected chi connectivity index (χ1v) is 7.00. The lowest BCUT2D eigenvalue weighted by atomic mass is 9.98. The van der Waals surface area contributed by atoms with Gasteiger partial charge in [-0.1, -0.05) is 5.16 Å². The van der Waals surface area contributed by atoms with Crippen LogP contribution in [-0.4, -0.2) is 48.3 Å². The molecule has 6 nitrogen and oxygen atoms in total. The minimum Gasteiger partial charge on any atom is -0.381 e. The van der Waals surface area contributed by atoms with Crippen molar-refractivity contribution in [2.45, 2.75) is 45.3 Å². The molecule has 1 aromatic heterocycles. The second-order valence-corrected chi connectivity index (χ2v) is 5.34. The van der Waals surface area contributed by atoms with E-state index in [0.717, 1.165) is 24.1 Å². The normalized spacial score (nSPS) is 23.1. The van der Waals surface area contributed by atoms with Gasteiger partial charge in [-0.05, 0) is 26.7 Å². The number of hydrogen-bond acceptors (Lipinski definition) is 5. The van der Waals surface area contributed by atoms with Crippen LogP contribution >= 0.6 is 0 Å². The number of nitrogens with zero attached hydrogens (tertiary/aromatic N) is 2. The van der Waals surface area contributed by atoms with Gasteiger partial charge in [0.2, 0.25) is 5.91 Å². The van der Waals surface area contributed by atoms with Gasteiger partial charge in [-0.15, -0.1) is 0 Å². The van der Waals surface area contributed by atoms with Crippen LogP contribution < -0.4 is 5.73 Å². The van der Waals surface area contributed by atoms with Crippen molar-refractivity contribution in [1.82, 2.24) is 10.1 Å². The maximum absolute atomic E-state index is 12.5. The molecule has 2 rings (SSSR count). The Labute approximate surface area is 119 Å². The minimum absolute atomic E-state index is 0.0571. The highest BCUT2D eigenvalue weighted by atomic mass is 16.5. The van der Waals surface area contributed by atoms with Crippen LogP contribution in [0.4, 0.5) is 0 Å². The number of ether oxygens (including phenoxy) is 1. The number of aromatic nitrogens is 1. The fourth-order valence-electron chi connectivity index (χ4n) is 2.79. The Kier molecular flexibility index (Phi) is 4.77. The molecule has 0 aliphatic carbocycles. The molecule has 1 aliphatic heterocycles. The van der Waals surface area contributed by atoms with Gasteiger partial charge in [0.25, 0.3) is 0 Å². The highest BCUT2D eigenvalue weighted by Gasteiger charge is 2.31. The molecule has 2 atom stereocenters. The lowest BCUT2D eigenvalue weighted by Gasteiger charge is -2.38. The molecule has 0 radical (unpaired) electrons. The number of nitrogens with two attached hydrogens (primary N) is 1. The Hall–Kier alpha value is -1.40. The summed E-state index contributed by atoms with van der Waals surface area (Å²) in [7, 11) is 1.71. The Balaban J connectivity index is 2.05. The number of amides is 1. The van der Waals surface area contributed by atoms with Crippen LogP contribution in [0.1, 0.15) is 29.9 Å². The standard InChI is InChI=1S/C14H23N3O3/c1-9-13(10(2)20-16-9)7-14(18)17-5-4-12(19-3)6-11(17)8-15/h11-12H,4-8,15H2,1-3H3. The van der Waals surface area contributed by atoms with Gasteiger partial charge in [0.15, 0.2) is 0 Å². The van der Waals surface area contributed by atoms with Crippen LogP contribution in [0.15, 0.2) is 4.52 Å². The maximum atomic E-state index is 12.5. The first kappa shape index (κ1) is 15.0. The van der Waals surface area contributed by atoms with Crippen molar-refractivity contribution in [2.24, 2.45) is 5.73 Å². The van der Waals surface area contributed by atoms with E-state index in [0.29, 0.717) is 25.3 Å². The summed E-state index contributed by atoms with van der Waals surface area (Å²) in [5.41, 5.74) is 7.47. The first-order valence-electron chi connectivity index (χ1n) is 7.00. The molecule has 1 aliphatic rings. The van der Waals surface area contributed by atoms with Gasteiger partial charge in [0, 0.05) is 31.8 Å². The van der Waals surface area contributed by atoms with E-state index >= 15 is 0 Å². The van der Waals surface area contributed by atoms with Crippen LogP contribution in [0.3, 0.4) is 0 Å². The molecular weight excluding hydrogens is 258 g/mol. The van der Waals surface area contributed by atoms with E-state index in [1.807, 2.05) is 18.7 Å². The van der Waals surface area contributed by atoms with Crippen LogP contribution in [-0.2, 0) is 16.0 Å². The molecule has 112 valence electrons. The Morgan fingerprint density at radius 2 is 2.30 bits per heavy atom. The van der Waals surface area contributed by atoms with E-state index in [9.17, 15) is 4.79 Å². The topological polar surface area (TPSA) is 81.6 Å². The average Bonchev–Trinajstić information content (AvgIpc) is 2.78. The minimum atomic E-state index is 0.0571. The molecule has 0 bridgehead atoms. The number of likely N-dealkylation sites (tertiary alicyclic amines) is 1. The molecule has 2 heterocycles. The molecule has 0 aromatic carbocycles. The summed E-state index contributed by atoms with van der Waals surface area (Å²) in [6, 6.07) is 0.0571. The molecule has 6 heteroatoms. The van der Waals surface area contributed by atoms with E-state index in [1.165, 1.54) is 0 Å². The van der Waals surface area contributed by atoms with Gasteiger partial charge in [-0.25, -0.2) is 0 Å². The fraction of sp³-hybridized carbons (Fsp3) is 0.714. The molecule has 0 spiro atoms. The lowest BCUT2D eigenvalue weighted by Crippen LogP contribution is -2.51. The lowest BCUT2D eigenvalue weighted by molar-refractivity contribution is -0.136. The zero-order chi connectivity index (χ0) is 14.7. The molecule has 1 saturated heterocycles. The van der Waals surface area contributed by atoms with Gasteiger partial charge in [-0.3, -0.25) is 4.79 Å². The quantitative estimate of drug-likeness (QED) is 0.882. The predicted octanol–water partition coefficient (Wildman–Crippen LogP) is 0.799. The third-order valence-corrected chi connectivity index (χ3v) is 4.10. The molecule has 20 heavy (non-hydrogen) atoms. The highest BCUT2D eigenvalue weighted by Crippen LogP contribution is 2.21. The summed E-state index contributed by atoms with van der Waals surface area (Å²) in [6.07, 6.45) is 2.20. The summed E-state index contributed by atoms with van der Waals surface area (Å²) in [5, 5.41) is 3.89. The van der Waals surface area contributed by atoms with E-state index in [-0.39, 0.29) is 18.1 Å². The summed E-state index contributed by atoms with van der Waals surface area (Å²) in [5.74, 6) is 0.802. The molecule has 1 amide bonds. The van der Waals surface area contributed by atoms with E-state index < -0.39 is 0 Å². The van der Waals surface area contributed by atoms with E-state index in [1.54, 1.807) is 7.11 Å². The van der Waals surface area contributed by atoms with Crippen LogP contribution in [0, 0.1) is 13.8 Å². The number of aryl methyl sites for hydroxylation is 2. The molecule has 0 saturated carbocycles. The van der Waals surface area contributed by atoms with Crippen molar-refractivity contribution in [3.8, 4) is 0 Å². The summed E-state index contributed by atoms with van der Waals surface area (Å²) in [6.45, 7) is 4.85. The number of carbonyl (C=O) groups excluding carboxylic acids is 1. The molecule has 2 unspecified atom stereocenters.